The zero-order valence-electron chi connectivity index (χ0n) is 26.3. The van der Waals surface area contributed by atoms with Gasteiger partial charge in [0.2, 0.25) is 5.96 Å². The van der Waals surface area contributed by atoms with Crippen LogP contribution in [0.15, 0.2) is 11.1 Å². The summed E-state index contributed by atoms with van der Waals surface area (Å²) in [4.78, 5) is 41.4. The highest BCUT2D eigenvalue weighted by atomic mass is 16.6. The fourth-order valence-electron chi connectivity index (χ4n) is 3.83. The smallest absolute Gasteiger partial charge is 0.414 e. The number of aliphatic hydroxyl groups is 1. The molecule has 0 fully saturated rings. The van der Waals surface area contributed by atoms with Gasteiger partial charge in [-0.05, 0) is 103 Å². The van der Waals surface area contributed by atoms with E-state index in [2.05, 4.69) is 25.7 Å². The Morgan fingerprint density at radius 3 is 2.07 bits per heavy atom. The number of ether oxygens (including phenoxy) is 4. The monoisotopic (exact) mass is 580 g/mol. The van der Waals surface area contributed by atoms with Crippen LogP contribution in [0.1, 0.15) is 76.6 Å². The molecule has 41 heavy (non-hydrogen) atoms. The maximum absolute atomic E-state index is 12.5. The molecule has 12 heteroatoms. The Morgan fingerprint density at radius 2 is 1.54 bits per heavy atom. The fourth-order valence-corrected chi connectivity index (χ4v) is 3.83. The van der Waals surface area contributed by atoms with E-state index >= 15 is 0 Å². The molecule has 2 amide bonds. The van der Waals surface area contributed by atoms with Crippen LogP contribution in [0, 0.1) is 20.8 Å². The number of amides is 2. The Hall–Kier alpha value is -3.54. The van der Waals surface area contributed by atoms with E-state index in [-0.39, 0.29) is 25.5 Å². The molecule has 0 radical (unpaired) electrons. The van der Waals surface area contributed by atoms with Gasteiger partial charge in [0.1, 0.15) is 17.0 Å². The van der Waals surface area contributed by atoms with E-state index in [1.807, 2.05) is 26.8 Å². The van der Waals surface area contributed by atoms with Crippen molar-refractivity contribution in [1.29, 1.82) is 0 Å². The normalized spacial score (nSPS) is 13.5. The van der Waals surface area contributed by atoms with Crippen LogP contribution in [0.25, 0.3) is 0 Å². The third kappa shape index (κ3) is 12.7. The maximum atomic E-state index is 12.5. The fraction of sp³-hybridized carbons (Fsp3) is 0.655. The minimum atomic E-state index is -1.59. The molecule has 1 rings (SSSR count). The van der Waals surface area contributed by atoms with Crippen molar-refractivity contribution in [2.45, 2.75) is 105 Å². The predicted octanol–water partition coefficient (Wildman–Crippen LogP) is 3.80. The summed E-state index contributed by atoms with van der Waals surface area (Å²) < 4.78 is 20.7. The Morgan fingerprint density at radius 1 is 0.951 bits per heavy atom. The molecule has 0 aromatic heterocycles. The molecule has 0 aliphatic rings. The first-order valence-electron chi connectivity index (χ1n) is 13.6. The zero-order valence-corrected chi connectivity index (χ0v) is 26.3. The topological polar surface area (TPSA) is 157 Å². The molecule has 1 aromatic carbocycles. The van der Waals surface area contributed by atoms with Crippen LogP contribution in [0.2, 0.25) is 0 Å². The summed E-state index contributed by atoms with van der Waals surface area (Å²) in [6.45, 7) is 16.9. The van der Waals surface area contributed by atoms with Crippen molar-refractivity contribution in [3.8, 4) is 5.75 Å². The third-order valence-electron chi connectivity index (χ3n) is 5.95. The first-order valence-corrected chi connectivity index (χ1v) is 13.6. The van der Waals surface area contributed by atoms with Gasteiger partial charge in [-0.25, -0.2) is 19.4 Å². The van der Waals surface area contributed by atoms with E-state index in [1.165, 1.54) is 0 Å². The summed E-state index contributed by atoms with van der Waals surface area (Å²) in [6.07, 6.45) is -2.47. The summed E-state index contributed by atoms with van der Waals surface area (Å²) in [6, 6.07) is 0.984. The predicted molar refractivity (Wildman–Crippen MR) is 156 cm³/mol. The van der Waals surface area contributed by atoms with Crippen LogP contribution in [0.4, 0.5) is 9.59 Å². The highest BCUT2D eigenvalue weighted by Crippen LogP contribution is 2.28. The molecular weight excluding hydrogens is 532 g/mol. The van der Waals surface area contributed by atoms with Crippen molar-refractivity contribution in [2.24, 2.45) is 4.99 Å². The maximum Gasteiger partial charge on any atom is 0.414 e. The van der Waals surface area contributed by atoms with E-state index in [0.29, 0.717) is 6.42 Å². The van der Waals surface area contributed by atoms with Crippen molar-refractivity contribution < 1.29 is 38.4 Å². The summed E-state index contributed by atoms with van der Waals surface area (Å²) in [5.41, 5.74) is 2.57. The number of alkyl carbamates (subject to hydrolysis) is 2. The lowest BCUT2D eigenvalue weighted by Crippen LogP contribution is -2.49. The van der Waals surface area contributed by atoms with Gasteiger partial charge < -0.3 is 34.7 Å². The van der Waals surface area contributed by atoms with Crippen LogP contribution in [-0.4, -0.2) is 73.3 Å². The Kier molecular flexibility index (Phi) is 13.4. The molecule has 0 saturated carbocycles. The quantitative estimate of drug-likeness (QED) is 0.106. The van der Waals surface area contributed by atoms with Gasteiger partial charge in [0.05, 0.1) is 26.8 Å². The van der Waals surface area contributed by atoms with Gasteiger partial charge >= 0.3 is 18.2 Å². The van der Waals surface area contributed by atoms with Crippen LogP contribution < -0.4 is 20.7 Å². The number of aryl methyl sites for hydroxylation is 1. The van der Waals surface area contributed by atoms with E-state index in [9.17, 15) is 19.5 Å². The first-order chi connectivity index (χ1) is 18.9. The molecule has 1 aromatic rings. The van der Waals surface area contributed by atoms with Gasteiger partial charge in [0, 0.05) is 6.54 Å². The highest BCUT2D eigenvalue weighted by Gasteiger charge is 2.30. The average molecular weight is 581 g/mol. The van der Waals surface area contributed by atoms with Gasteiger partial charge in [0.15, 0.2) is 6.10 Å². The van der Waals surface area contributed by atoms with Crippen molar-refractivity contribution in [3.63, 3.8) is 0 Å². The van der Waals surface area contributed by atoms with E-state index in [0.717, 1.165) is 35.1 Å². The molecule has 2 atom stereocenters. The minimum Gasteiger partial charge on any atom is -0.496 e. The number of nitrogens with one attached hydrogen (secondary N) is 3. The number of hydrogen-bond donors (Lipinski definition) is 4. The first kappa shape index (κ1) is 35.5. The van der Waals surface area contributed by atoms with E-state index < -0.39 is 41.5 Å². The number of rotatable bonds is 10. The minimum absolute atomic E-state index is 0.191. The molecule has 232 valence electrons. The number of hydrogen-bond acceptors (Lipinski definition) is 9. The van der Waals surface area contributed by atoms with E-state index in [1.54, 1.807) is 48.7 Å². The molecule has 0 bridgehead atoms. The number of aliphatic hydroxyl groups excluding tert-OH is 1. The number of esters is 1. The van der Waals surface area contributed by atoms with Gasteiger partial charge in [-0.2, -0.15) is 0 Å². The second kappa shape index (κ2) is 15.5. The molecule has 0 heterocycles. The van der Waals surface area contributed by atoms with Crippen molar-refractivity contribution in [2.75, 3.05) is 20.8 Å². The second-order valence-electron chi connectivity index (χ2n) is 11.7. The molecular formula is C29H48N4O8. The number of methoxy groups -OCH3 is 2. The summed E-state index contributed by atoms with van der Waals surface area (Å²) in [5.74, 6) is 0.103. The van der Waals surface area contributed by atoms with Crippen LogP contribution in [0.5, 0.6) is 5.75 Å². The lowest BCUT2D eigenvalue weighted by molar-refractivity contribution is -0.152. The van der Waals surface area contributed by atoms with Crippen LogP contribution in [-0.2, 0) is 25.5 Å². The zero-order chi connectivity index (χ0) is 31.5. The number of aliphatic imine (C=N–C) groups is 1. The standard InChI is InChI=1S/C29H48N4O8/c1-17-15-22(38-10)19(3)18(2)20(17)16-31-25(33-27(37)41-29(7,8)9)30-14-12-13-21(23(34)24(35)39-11)32-26(36)40-28(4,5)6/h15,21,23,34H,12-14,16H2,1-11H3,(H,32,36)(H2,30,31,33,37). The summed E-state index contributed by atoms with van der Waals surface area (Å²) in [7, 11) is 2.78. The third-order valence-corrected chi connectivity index (χ3v) is 5.95. The van der Waals surface area contributed by atoms with Gasteiger partial charge in [-0.15, -0.1) is 0 Å². The number of carbonyl (C=O) groups is 3. The lowest BCUT2D eigenvalue weighted by atomic mass is 9.97. The highest BCUT2D eigenvalue weighted by molar-refractivity contribution is 5.94. The lowest BCUT2D eigenvalue weighted by Gasteiger charge is -2.25. The van der Waals surface area contributed by atoms with Crippen molar-refractivity contribution >= 4 is 24.1 Å². The number of nitrogens with zero attached hydrogens (tertiary/aromatic N) is 1. The molecule has 0 spiro atoms. The molecule has 2 unspecified atom stereocenters. The molecule has 0 saturated heterocycles. The number of carbonyl (C=O) groups excluding carboxylic acids is 3. The van der Waals surface area contributed by atoms with Gasteiger partial charge in [0.25, 0.3) is 0 Å². The summed E-state index contributed by atoms with van der Waals surface area (Å²) in [5, 5.41) is 18.7. The molecule has 12 nitrogen and oxygen atoms in total. The Labute approximate surface area is 243 Å². The number of benzene rings is 1. The molecule has 0 aliphatic heterocycles. The van der Waals surface area contributed by atoms with E-state index in [4.69, 9.17) is 14.2 Å². The van der Waals surface area contributed by atoms with Crippen LogP contribution in [0.3, 0.4) is 0 Å². The second-order valence-corrected chi connectivity index (χ2v) is 11.7. The van der Waals surface area contributed by atoms with Crippen molar-refractivity contribution in [1.82, 2.24) is 16.0 Å². The molecule has 0 aliphatic carbocycles. The Bertz CT molecular complexity index is 1090. The Balaban J connectivity index is 3.05. The number of guanidine groups is 1. The SMILES string of the molecule is COC(=O)C(O)C(CCCNC(=NCc1c(C)cc(OC)c(C)c1C)NC(=O)OC(C)(C)C)NC(=O)OC(C)(C)C. The van der Waals surface area contributed by atoms with Gasteiger partial charge in [-0.3, -0.25) is 5.32 Å². The van der Waals surface area contributed by atoms with Gasteiger partial charge in [-0.1, -0.05) is 0 Å². The van der Waals surface area contributed by atoms with Crippen molar-refractivity contribution in [3.05, 3.63) is 28.3 Å². The largest absolute Gasteiger partial charge is 0.496 e. The average Bonchev–Trinajstić information content (AvgIpc) is 2.84. The summed E-state index contributed by atoms with van der Waals surface area (Å²) >= 11 is 0. The van der Waals surface area contributed by atoms with Crippen LogP contribution >= 0.6 is 0 Å². The molecule has 4 N–H and O–H groups in total.